The molecule has 1 aromatic heterocycles. The summed E-state index contributed by atoms with van der Waals surface area (Å²) in [6.07, 6.45) is -0.483. The number of hydrogen-bond acceptors (Lipinski definition) is 6. The molecule has 31 heavy (non-hydrogen) atoms. The van der Waals surface area contributed by atoms with Crippen molar-refractivity contribution >= 4 is 40.9 Å². The van der Waals surface area contributed by atoms with E-state index in [0.29, 0.717) is 34.7 Å². The topological polar surface area (TPSA) is 86.1 Å². The summed E-state index contributed by atoms with van der Waals surface area (Å²) in [6.45, 7) is 4.41. The van der Waals surface area contributed by atoms with E-state index in [1.54, 1.807) is 31.2 Å². The van der Waals surface area contributed by atoms with Gasteiger partial charge in [-0.3, -0.25) is 9.59 Å². The first-order valence-corrected chi connectivity index (χ1v) is 11.3. The van der Waals surface area contributed by atoms with Gasteiger partial charge in [-0.05, 0) is 49.7 Å². The SMILES string of the molecule is CCC(OC(=O)CSc1nnc(-c2ccc(Cl)cc2)n1CC)C(=O)Nc1ccccc1. The smallest absolute Gasteiger partial charge is 0.317 e. The molecule has 0 aliphatic carbocycles. The summed E-state index contributed by atoms with van der Waals surface area (Å²) in [6, 6.07) is 16.4. The quantitative estimate of drug-likeness (QED) is 0.370. The Kier molecular flexibility index (Phi) is 8.08. The number of hydrogen-bond donors (Lipinski definition) is 1. The summed E-state index contributed by atoms with van der Waals surface area (Å²) in [4.78, 5) is 24.8. The van der Waals surface area contributed by atoms with Gasteiger partial charge in [0.25, 0.3) is 5.91 Å². The average Bonchev–Trinajstić information content (AvgIpc) is 3.20. The van der Waals surface area contributed by atoms with Crippen LogP contribution in [0.2, 0.25) is 5.02 Å². The Morgan fingerprint density at radius 1 is 1.10 bits per heavy atom. The molecule has 1 amide bonds. The number of anilines is 1. The maximum Gasteiger partial charge on any atom is 0.317 e. The van der Waals surface area contributed by atoms with E-state index >= 15 is 0 Å². The molecule has 9 heteroatoms. The van der Waals surface area contributed by atoms with E-state index in [1.165, 1.54) is 11.8 Å². The van der Waals surface area contributed by atoms with Gasteiger partial charge >= 0.3 is 5.97 Å². The molecule has 0 radical (unpaired) electrons. The van der Waals surface area contributed by atoms with E-state index in [0.717, 1.165) is 5.56 Å². The van der Waals surface area contributed by atoms with Crippen molar-refractivity contribution in [3.05, 3.63) is 59.6 Å². The number of nitrogens with zero attached hydrogens (tertiary/aromatic N) is 3. The third-order valence-electron chi connectivity index (χ3n) is 4.43. The molecule has 0 fully saturated rings. The second kappa shape index (κ2) is 11.0. The summed E-state index contributed by atoms with van der Waals surface area (Å²) in [5.74, 6) is -0.121. The predicted molar refractivity (Wildman–Crippen MR) is 122 cm³/mol. The van der Waals surface area contributed by atoms with Gasteiger partial charge in [-0.15, -0.1) is 10.2 Å². The minimum atomic E-state index is -0.859. The number of aromatic nitrogens is 3. The van der Waals surface area contributed by atoms with Gasteiger partial charge in [-0.2, -0.15) is 0 Å². The maximum atomic E-state index is 12.4. The molecule has 0 aliphatic rings. The minimum absolute atomic E-state index is 0.0217. The van der Waals surface area contributed by atoms with Gasteiger partial charge in [0.1, 0.15) is 0 Å². The van der Waals surface area contributed by atoms with Crippen LogP contribution in [-0.2, 0) is 20.9 Å². The zero-order valence-corrected chi connectivity index (χ0v) is 18.8. The van der Waals surface area contributed by atoms with Crippen LogP contribution in [0.3, 0.4) is 0 Å². The third kappa shape index (κ3) is 6.08. The highest BCUT2D eigenvalue weighted by atomic mass is 35.5. The average molecular weight is 459 g/mol. The molecule has 1 unspecified atom stereocenters. The molecule has 0 bridgehead atoms. The Labute approximate surface area is 190 Å². The van der Waals surface area contributed by atoms with Crippen molar-refractivity contribution in [2.45, 2.75) is 38.1 Å². The molecule has 2 aromatic carbocycles. The first-order valence-electron chi connectivity index (χ1n) is 9.89. The largest absolute Gasteiger partial charge is 0.452 e. The van der Waals surface area contributed by atoms with Crippen molar-refractivity contribution in [1.29, 1.82) is 0 Å². The lowest BCUT2D eigenvalue weighted by Crippen LogP contribution is -2.32. The van der Waals surface area contributed by atoms with Crippen LogP contribution in [0, 0.1) is 0 Å². The van der Waals surface area contributed by atoms with Gasteiger partial charge in [-0.25, -0.2) is 0 Å². The summed E-state index contributed by atoms with van der Waals surface area (Å²) >= 11 is 7.18. The van der Waals surface area contributed by atoms with Crippen LogP contribution >= 0.6 is 23.4 Å². The first-order chi connectivity index (χ1) is 15.0. The molecule has 3 rings (SSSR count). The molecule has 0 aliphatic heterocycles. The number of esters is 1. The van der Waals surface area contributed by atoms with Gasteiger partial charge in [0.05, 0.1) is 5.75 Å². The zero-order valence-electron chi connectivity index (χ0n) is 17.2. The minimum Gasteiger partial charge on any atom is -0.452 e. The number of para-hydroxylation sites is 1. The number of carbonyl (C=O) groups is 2. The number of carbonyl (C=O) groups excluding carboxylic acids is 2. The number of rotatable bonds is 9. The zero-order chi connectivity index (χ0) is 22.2. The fraction of sp³-hybridized carbons (Fsp3) is 0.273. The van der Waals surface area contributed by atoms with Gasteiger partial charge < -0.3 is 14.6 Å². The maximum absolute atomic E-state index is 12.4. The van der Waals surface area contributed by atoms with E-state index in [4.69, 9.17) is 16.3 Å². The normalized spacial score (nSPS) is 11.7. The lowest BCUT2D eigenvalue weighted by atomic mass is 10.2. The summed E-state index contributed by atoms with van der Waals surface area (Å²) < 4.78 is 7.31. The van der Waals surface area contributed by atoms with Gasteiger partial charge in [-0.1, -0.05) is 48.5 Å². The van der Waals surface area contributed by atoms with Crippen molar-refractivity contribution in [2.24, 2.45) is 0 Å². The van der Waals surface area contributed by atoms with Crippen molar-refractivity contribution in [2.75, 3.05) is 11.1 Å². The molecule has 162 valence electrons. The second-order valence-electron chi connectivity index (χ2n) is 6.59. The van der Waals surface area contributed by atoms with Crippen LogP contribution < -0.4 is 5.32 Å². The molecule has 1 atom stereocenters. The van der Waals surface area contributed by atoms with Crippen LogP contribution in [0.1, 0.15) is 20.3 Å². The highest BCUT2D eigenvalue weighted by Gasteiger charge is 2.22. The summed E-state index contributed by atoms with van der Waals surface area (Å²) in [5, 5.41) is 12.5. The molecular formula is C22H23ClN4O3S. The molecule has 0 saturated carbocycles. The van der Waals surface area contributed by atoms with Crippen molar-refractivity contribution in [3.63, 3.8) is 0 Å². The molecular weight excluding hydrogens is 436 g/mol. The number of thioether (sulfide) groups is 1. The van der Waals surface area contributed by atoms with Gasteiger partial charge in [0.15, 0.2) is 17.1 Å². The van der Waals surface area contributed by atoms with E-state index in [1.807, 2.05) is 41.8 Å². The fourth-order valence-corrected chi connectivity index (χ4v) is 3.79. The van der Waals surface area contributed by atoms with Gasteiger partial charge in [0, 0.05) is 22.8 Å². The number of benzene rings is 2. The third-order valence-corrected chi connectivity index (χ3v) is 5.63. The van der Waals surface area contributed by atoms with Crippen molar-refractivity contribution < 1.29 is 14.3 Å². The lowest BCUT2D eigenvalue weighted by Gasteiger charge is -2.16. The van der Waals surface area contributed by atoms with Crippen LogP contribution in [0.4, 0.5) is 5.69 Å². The Bertz CT molecular complexity index is 1020. The Morgan fingerprint density at radius 2 is 1.81 bits per heavy atom. The molecule has 0 saturated heterocycles. The number of ether oxygens (including phenoxy) is 1. The first kappa shape index (κ1) is 22.8. The van der Waals surface area contributed by atoms with E-state index in [-0.39, 0.29) is 11.7 Å². The number of halogens is 1. The molecule has 1 N–H and O–H groups in total. The fourth-order valence-electron chi connectivity index (χ4n) is 2.88. The monoisotopic (exact) mass is 458 g/mol. The van der Waals surface area contributed by atoms with Crippen LogP contribution in [0.5, 0.6) is 0 Å². The van der Waals surface area contributed by atoms with E-state index in [2.05, 4.69) is 15.5 Å². The second-order valence-corrected chi connectivity index (χ2v) is 7.97. The molecule has 7 nitrogen and oxygen atoms in total. The Morgan fingerprint density at radius 3 is 2.45 bits per heavy atom. The highest BCUT2D eigenvalue weighted by molar-refractivity contribution is 7.99. The Balaban J connectivity index is 1.59. The lowest BCUT2D eigenvalue weighted by molar-refractivity contribution is -0.151. The standard InChI is InChI=1S/C22H23ClN4O3S/c1-3-18(21(29)24-17-8-6-5-7-9-17)30-19(28)14-31-22-26-25-20(27(22)4-2)15-10-12-16(23)13-11-15/h5-13,18H,3-4,14H2,1-2H3,(H,24,29). The molecule has 1 heterocycles. The van der Waals surface area contributed by atoms with Crippen molar-refractivity contribution in [1.82, 2.24) is 14.8 Å². The molecule has 0 spiro atoms. The highest BCUT2D eigenvalue weighted by Crippen LogP contribution is 2.25. The van der Waals surface area contributed by atoms with Crippen LogP contribution in [0.25, 0.3) is 11.4 Å². The summed E-state index contributed by atoms with van der Waals surface area (Å²) in [7, 11) is 0. The Hall–Kier alpha value is -2.84. The number of nitrogens with one attached hydrogen (secondary N) is 1. The molecule has 3 aromatic rings. The number of amides is 1. The van der Waals surface area contributed by atoms with Gasteiger partial charge in [0.2, 0.25) is 0 Å². The van der Waals surface area contributed by atoms with Crippen LogP contribution in [-0.4, -0.2) is 38.5 Å². The van der Waals surface area contributed by atoms with E-state index in [9.17, 15) is 9.59 Å². The summed E-state index contributed by atoms with van der Waals surface area (Å²) in [5.41, 5.74) is 1.54. The van der Waals surface area contributed by atoms with Crippen LogP contribution in [0.15, 0.2) is 59.8 Å². The van der Waals surface area contributed by atoms with E-state index < -0.39 is 12.1 Å². The predicted octanol–water partition coefficient (Wildman–Crippen LogP) is 4.67. The van der Waals surface area contributed by atoms with Crippen molar-refractivity contribution in [3.8, 4) is 11.4 Å².